The number of amides is 1. The van der Waals surface area contributed by atoms with Gasteiger partial charge in [-0.05, 0) is 53.5 Å². The van der Waals surface area contributed by atoms with E-state index in [0.717, 1.165) is 10.0 Å². The largest absolute Gasteiger partial charge is 0.497 e. The Morgan fingerprint density at radius 1 is 1.18 bits per heavy atom. The summed E-state index contributed by atoms with van der Waals surface area (Å²) in [5.41, 5.74) is 2.92. The van der Waals surface area contributed by atoms with Crippen LogP contribution in [0.15, 0.2) is 46.9 Å². The Balaban J connectivity index is 2.26. The van der Waals surface area contributed by atoms with Crippen molar-refractivity contribution < 1.29 is 9.53 Å². The minimum atomic E-state index is -0.0427. The molecule has 0 N–H and O–H groups in total. The second-order valence-electron chi connectivity index (χ2n) is 5.35. The lowest BCUT2D eigenvalue weighted by Gasteiger charge is -2.26. The van der Waals surface area contributed by atoms with Crippen molar-refractivity contribution in [2.75, 3.05) is 14.2 Å². The number of rotatable bonds is 4. The molecule has 116 valence electrons. The van der Waals surface area contributed by atoms with Crippen LogP contribution in [-0.2, 0) is 0 Å². The minimum absolute atomic E-state index is 0.00815. The van der Waals surface area contributed by atoms with Crippen molar-refractivity contribution in [1.82, 2.24) is 4.90 Å². The van der Waals surface area contributed by atoms with Gasteiger partial charge in [0.2, 0.25) is 0 Å². The molecule has 0 aliphatic rings. The van der Waals surface area contributed by atoms with Gasteiger partial charge in [-0.3, -0.25) is 4.79 Å². The summed E-state index contributed by atoms with van der Waals surface area (Å²) in [7, 11) is 3.41. The summed E-state index contributed by atoms with van der Waals surface area (Å²) in [6.45, 7) is 4.08. The molecule has 1 amide bonds. The Hall–Kier alpha value is -1.81. The summed E-state index contributed by atoms with van der Waals surface area (Å²) >= 11 is 3.44. The number of methoxy groups -OCH3 is 1. The van der Waals surface area contributed by atoms with Crippen LogP contribution >= 0.6 is 15.9 Å². The van der Waals surface area contributed by atoms with Gasteiger partial charge < -0.3 is 9.64 Å². The van der Waals surface area contributed by atoms with Gasteiger partial charge in [0.25, 0.3) is 5.91 Å². The minimum Gasteiger partial charge on any atom is -0.497 e. The molecule has 0 spiro atoms. The van der Waals surface area contributed by atoms with Crippen molar-refractivity contribution in [1.29, 1.82) is 0 Å². The van der Waals surface area contributed by atoms with Crippen molar-refractivity contribution in [3.05, 3.63) is 63.6 Å². The number of hydrogen-bond acceptors (Lipinski definition) is 2. The van der Waals surface area contributed by atoms with Crippen molar-refractivity contribution in [2.24, 2.45) is 0 Å². The highest BCUT2D eigenvalue weighted by Gasteiger charge is 2.21. The first kappa shape index (κ1) is 16.6. The average molecular weight is 362 g/mol. The number of hydrogen-bond donors (Lipinski definition) is 0. The maximum Gasteiger partial charge on any atom is 0.255 e. The summed E-state index contributed by atoms with van der Waals surface area (Å²) in [5, 5.41) is 0. The normalized spacial score (nSPS) is 11.9. The Morgan fingerprint density at radius 2 is 1.82 bits per heavy atom. The number of ether oxygens (including phenoxy) is 1. The van der Waals surface area contributed by atoms with E-state index < -0.39 is 0 Å². The molecule has 0 saturated carbocycles. The van der Waals surface area contributed by atoms with E-state index in [4.69, 9.17) is 4.74 Å². The molecule has 0 aliphatic heterocycles. The molecule has 0 aromatic heterocycles. The predicted molar refractivity (Wildman–Crippen MR) is 92.4 cm³/mol. The van der Waals surface area contributed by atoms with Crippen molar-refractivity contribution >= 4 is 21.8 Å². The highest BCUT2D eigenvalue weighted by atomic mass is 79.9. The van der Waals surface area contributed by atoms with Gasteiger partial charge in [0.05, 0.1) is 18.7 Å². The maximum absolute atomic E-state index is 12.8. The second-order valence-corrected chi connectivity index (χ2v) is 6.20. The molecular formula is C18H20BrNO2. The molecule has 2 aromatic rings. The van der Waals surface area contributed by atoms with E-state index in [0.29, 0.717) is 11.3 Å². The van der Waals surface area contributed by atoms with Gasteiger partial charge in [-0.2, -0.15) is 0 Å². The van der Waals surface area contributed by atoms with Crippen LogP contribution in [0.3, 0.4) is 0 Å². The van der Waals surface area contributed by atoms with Gasteiger partial charge in [-0.25, -0.2) is 0 Å². The molecule has 0 radical (unpaired) electrons. The van der Waals surface area contributed by atoms with Crippen molar-refractivity contribution in [2.45, 2.75) is 19.9 Å². The van der Waals surface area contributed by atoms with Crippen LogP contribution in [0.5, 0.6) is 5.75 Å². The Labute approximate surface area is 140 Å². The first-order chi connectivity index (χ1) is 10.4. The Morgan fingerprint density at radius 3 is 2.41 bits per heavy atom. The molecule has 22 heavy (non-hydrogen) atoms. The van der Waals surface area contributed by atoms with Gasteiger partial charge >= 0.3 is 0 Å². The fraction of sp³-hybridized carbons (Fsp3) is 0.278. The number of halogens is 1. The highest BCUT2D eigenvalue weighted by molar-refractivity contribution is 9.10. The zero-order valence-corrected chi connectivity index (χ0v) is 14.8. The lowest BCUT2D eigenvalue weighted by Crippen LogP contribution is -2.30. The topological polar surface area (TPSA) is 29.5 Å². The van der Waals surface area contributed by atoms with Crippen LogP contribution in [0.25, 0.3) is 0 Å². The van der Waals surface area contributed by atoms with Gasteiger partial charge in [-0.1, -0.05) is 29.8 Å². The molecule has 0 bridgehead atoms. The van der Waals surface area contributed by atoms with Gasteiger partial charge in [0.1, 0.15) is 5.75 Å². The quantitative estimate of drug-likeness (QED) is 0.796. The highest BCUT2D eigenvalue weighted by Crippen LogP contribution is 2.27. The molecular weight excluding hydrogens is 342 g/mol. The zero-order valence-electron chi connectivity index (χ0n) is 13.3. The van der Waals surface area contributed by atoms with Crippen LogP contribution < -0.4 is 4.74 Å². The molecule has 2 rings (SSSR count). The first-order valence-electron chi connectivity index (χ1n) is 7.11. The standard InChI is InChI=1S/C18H20BrNO2/c1-12-5-7-14(8-6-12)13(2)20(3)18(21)16-11-15(22-4)9-10-17(16)19/h5-11,13H,1-4H3. The lowest BCUT2D eigenvalue weighted by molar-refractivity contribution is 0.0741. The van der Waals surface area contributed by atoms with E-state index in [1.54, 1.807) is 18.1 Å². The van der Waals surface area contributed by atoms with E-state index in [9.17, 15) is 4.79 Å². The van der Waals surface area contributed by atoms with Gasteiger partial charge in [-0.15, -0.1) is 0 Å². The van der Waals surface area contributed by atoms with Crippen molar-refractivity contribution in [3.8, 4) is 5.75 Å². The summed E-state index contributed by atoms with van der Waals surface area (Å²) in [4.78, 5) is 14.5. The molecule has 0 aliphatic carbocycles. The smallest absolute Gasteiger partial charge is 0.255 e. The molecule has 1 atom stereocenters. The monoisotopic (exact) mass is 361 g/mol. The van der Waals surface area contributed by atoms with Crippen molar-refractivity contribution in [3.63, 3.8) is 0 Å². The Bertz CT molecular complexity index is 667. The van der Waals surface area contributed by atoms with Gasteiger partial charge in [0.15, 0.2) is 0 Å². The second kappa shape index (κ2) is 6.97. The number of carbonyl (C=O) groups excluding carboxylic acids is 1. The molecule has 0 heterocycles. The third-order valence-electron chi connectivity index (χ3n) is 3.86. The number of aryl methyl sites for hydroxylation is 1. The SMILES string of the molecule is COc1ccc(Br)c(C(=O)N(C)C(C)c2ccc(C)cc2)c1. The van der Waals surface area contributed by atoms with Crippen LogP contribution in [0.2, 0.25) is 0 Å². The van der Waals surface area contributed by atoms with Crippen LogP contribution in [0.1, 0.15) is 34.5 Å². The third-order valence-corrected chi connectivity index (χ3v) is 4.56. The van der Waals surface area contributed by atoms with Crippen LogP contribution in [0, 0.1) is 6.92 Å². The summed E-state index contributed by atoms with van der Waals surface area (Å²) in [6, 6.07) is 13.6. The molecule has 1 unspecified atom stereocenters. The molecule has 2 aromatic carbocycles. The van der Waals surface area contributed by atoms with E-state index in [1.807, 2.05) is 26.1 Å². The predicted octanol–water partition coefficient (Wildman–Crippen LogP) is 4.60. The fourth-order valence-corrected chi connectivity index (χ4v) is 2.65. The van der Waals surface area contributed by atoms with E-state index in [2.05, 4.69) is 47.1 Å². The number of carbonyl (C=O) groups is 1. The number of nitrogens with zero attached hydrogens (tertiary/aromatic N) is 1. The third kappa shape index (κ3) is 3.50. The first-order valence-corrected chi connectivity index (χ1v) is 7.90. The van der Waals surface area contributed by atoms with Gasteiger partial charge in [0, 0.05) is 11.5 Å². The van der Waals surface area contributed by atoms with E-state index in [-0.39, 0.29) is 11.9 Å². The number of benzene rings is 2. The molecule has 0 saturated heterocycles. The zero-order chi connectivity index (χ0) is 16.3. The fourth-order valence-electron chi connectivity index (χ4n) is 2.23. The van der Waals surface area contributed by atoms with Crippen LogP contribution in [-0.4, -0.2) is 25.0 Å². The van der Waals surface area contributed by atoms with E-state index in [1.165, 1.54) is 5.56 Å². The summed E-state index contributed by atoms with van der Waals surface area (Å²) < 4.78 is 5.97. The molecule has 0 fully saturated rings. The lowest BCUT2D eigenvalue weighted by atomic mass is 10.0. The molecule has 3 nitrogen and oxygen atoms in total. The van der Waals surface area contributed by atoms with Crippen LogP contribution in [0.4, 0.5) is 0 Å². The molecule has 4 heteroatoms. The summed E-state index contributed by atoms with van der Waals surface area (Å²) in [5.74, 6) is 0.627. The maximum atomic E-state index is 12.8. The summed E-state index contributed by atoms with van der Waals surface area (Å²) in [6.07, 6.45) is 0. The average Bonchev–Trinajstić information content (AvgIpc) is 2.54. The Kier molecular flexibility index (Phi) is 5.24. The van der Waals surface area contributed by atoms with E-state index >= 15 is 0 Å².